The number of aryl methyl sites for hydroxylation is 1. The van der Waals surface area contributed by atoms with Crippen molar-refractivity contribution in [2.24, 2.45) is 5.92 Å². The van der Waals surface area contributed by atoms with E-state index in [9.17, 15) is 4.79 Å². The van der Waals surface area contributed by atoms with Crippen molar-refractivity contribution in [3.05, 3.63) is 70.4 Å². The van der Waals surface area contributed by atoms with Crippen LogP contribution in [0.3, 0.4) is 0 Å². The molecule has 1 unspecified atom stereocenters. The van der Waals surface area contributed by atoms with Gasteiger partial charge in [-0.15, -0.1) is 0 Å². The zero-order valence-electron chi connectivity index (χ0n) is 19.5. The lowest BCUT2D eigenvalue weighted by Crippen LogP contribution is -2.45. The quantitative estimate of drug-likeness (QED) is 0.478. The number of rotatable bonds is 4. The summed E-state index contributed by atoms with van der Waals surface area (Å²) >= 11 is 6.34. The van der Waals surface area contributed by atoms with Crippen LogP contribution in [-0.2, 0) is 28.2 Å². The number of nitrogens with zero attached hydrogens (tertiary/aromatic N) is 2. The first kappa shape index (κ1) is 22.1. The van der Waals surface area contributed by atoms with E-state index in [0.29, 0.717) is 30.6 Å². The van der Waals surface area contributed by atoms with Gasteiger partial charge in [0.1, 0.15) is 0 Å². The van der Waals surface area contributed by atoms with E-state index in [2.05, 4.69) is 28.8 Å². The molecule has 0 aliphatic carbocycles. The van der Waals surface area contributed by atoms with E-state index in [4.69, 9.17) is 21.1 Å². The van der Waals surface area contributed by atoms with E-state index in [-0.39, 0.29) is 11.5 Å². The smallest absolute Gasteiger partial charge is 0.256 e. The number of likely N-dealkylation sites (tertiary alicyclic amines) is 1. The van der Waals surface area contributed by atoms with Crippen LogP contribution in [0.1, 0.15) is 53.6 Å². The van der Waals surface area contributed by atoms with Crippen molar-refractivity contribution in [2.75, 3.05) is 26.3 Å². The highest BCUT2D eigenvalue weighted by Gasteiger charge is 2.43. The molecule has 6 heteroatoms. The standard InChI is InChI=1S/C28H31ClN2O3/c29-22-7-8-23-24(17-31(26(23)16-22)12-9-20-4-3-15-33-18-20)27(32)30-13-10-28(11-14-30)25-6-2-1-5-21(25)19-34-28/h1-2,5-8,16-17,20H,3-4,9-15,18-19H2. The van der Waals surface area contributed by atoms with Crippen LogP contribution in [0.15, 0.2) is 48.7 Å². The fourth-order valence-corrected chi connectivity index (χ4v) is 6.18. The molecule has 2 fully saturated rings. The number of ether oxygens (including phenoxy) is 2. The van der Waals surface area contributed by atoms with E-state index in [1.807, 2.05) is 29.3 Å². The second kappa shape index (κ2) is 9.03. The van der Waals surface area contributed by atoms with Gasteiger partial charge in [0.05, 0.1) is 23.3 Å². The Morgan fingerprint density at radius 2 is 2.00 bits per heavy atom. The summed E-state index contributed by atoms with van der Waals surface area (Å²) in [6.07, 6.45) is 7.11. The number of aromatic nitrogens is 1. The van der Waals surface area contributed by atoms with E-state index in [1.54, 1.807) is 0 Å². The summed E-state index contributed by atoms with van der Waals surface area (Å²) in [5, 5.41) is 1.68. The van der Waals surface area contributed by atoms with Crippen LogP contribution in [0.25, 0.3) is 10.9 Å². The summed E-state index contributed by atoms with van der Waals surface area (Å²) in [7, 11) is 0. The number of benzene rings is 2. The molecule has 3 aliphatic rings. The number of halogens is 1. The molecule has 0 radical (unpaired) electrons. The predicted octanol–water partition coefficient (Wildman–Crippen LogP) is 5.77. The van der Waals surface area contributed by atoms with Crippen LogP contribution in [0.4, 0.5) is 0 Å². The number of carbonyl (C=O) groups is 1. The third-order valence-electron chi connectivity index (χ3n) is 7.98. The molecule has 1 spiro atoms. The van der Waals surface area contributed by atoms with Crippen molar-refractivity contribution in [2.45, 2.75) is 50.9 Å². The molecule has 1 atom stereocenters. The fraction of sp³-hybridized carbons (Fsp3) is 0.464. The number of hydrogen-bond donors (Lipinski definition) is 0. The highest BCUT2D eigenvalue weighted by molar-refractivity contribution is 6.31. The lowest BCUT2D eigenvalue weighted by Gasteiger charge is -2.39. The Morgan fingerprint density at radius 3 is 2.82 bits per heavy atom. The van der Waals surface area contributed by atoms with Crippen LogP contribution in [0.5, 0.6) is 0 Å². The Labute approximate surface area is 205 Å². The summed E-state index contributed by atoms with van der Waals surface area (Å²) in [6.45, 7) is 4.66. The number of carbonyl (C=O) groups excluding carboxylic acids is 1. The molecule has 1 amide bonds. The van der Waals surface area contributed by atoms with E-state index in [0.717, 1.165) is 61.9 Å². The Kier molecular flexibility index (Phi) is 5.88. The topological polar surface area (TPSA) is 43.7 Å². The maximum absolute atomic E-state index is 13.7. The van der Waals surface area contributed by atoms with Gasteiger partial charge in [-0.1, -0.05) is 41.9 Å². The fourth-order valence-electron chi connectivity index (χ4n) is 6.02. The molecule has 2 saturated heterocycles. The zero-order valence-corrected chi connectivity index (χ0v) is 20.2. The van der Waals surface area contributed by atoms with Crippen molar-refractivity contribution in [1.82, 2.24) is 9.47 Å². The average molecular weight is 479 g/mol. The van der Waals surface area contributed by atoms with Crippen LogP contribution >= 0.6 is 11.6 Å². The molecular formula is C28H31ClN2O3. The lowest BCUT2D eigenvalue weighted by molar-refractivity contribution is -0.0741. The largest absolute Gasteiger partial charge is 0.381 e. The molecule has 1 aromatic heterocycles. The molecule has 5 nitrogen and oxygen atoms in total. The van der Waals surface area contributed by atoms with Crippen LogP contribution in [0, 0.1) is 5.92 Å². The Morgan fingerprint density at radius 1 is 1.15 bits per heavy atom. The van der Waals surface area contributed by atoms with Gasteiger partial charge in [-0.2, -0.15) is 0 Å². The van der Waals surface area contributed by atoms with E-state index in [1.165, 1.54) is 17.5 Å². The first-order valence-corrected chi connectivity index (χ1v) is 12.9. The highest BCUT2D eigenvalue weighted by Crippen LogP contribution is 2.44. The highest BCUT2D eigenvalue weighted by atomic mass is 35.5. The lowest BCUT2D eigenvalue weighted by atomic mass is 9.83. The van der Waals surface area contributed by atoms with Gasteiger partial charge >= 0.3 is 0 Å². The minimum atomic E-state index is -0.239. The average Bonchev–Trinajstić information content (AvgIpc) is 3.42. The van der Waals surface area contributed by atoms with Gasteiger partial charge in [0, 0.05) is 49.5 Å². The Balaban J connectivity index is 1.21. The van der Waals surface area contributed by atoms with Gasteiger partial charge in [-0.3, -0.25) is 4.79 Å². The summed E-state index contributed by atoms with van der Waals surface area (Å²) in [5.74, 6) is 0.685. The molecule has 0 bridgehead atoms. The molecule has 3 aliphatic heterocycles. The Hall–Kier alpha value is -2.34. The molecular weight excluding hydrogens is 448 g/mol. The van der Waals surface area contributed by atoms with Gasteiger partial charge in [0.2, 0.25) is 0 Å². The SMILES string of the molecule is O=C(c1cn(CCC2CCCOC2)c2cc(Cl)ccc12)N1CCC2(CC1)OCc1ccccc12. The second-order valence-corrected chi connectivity index (χ2v) is 10.4. The normalized spacial score (nSPS) is 21.8. The van der Waals surface area contributed by atoms with Crippen LogP contribution in [0.2, 0.25) is 5.02 Å². The monoisotopic (exact) mass is 478 g/mol. The minimum absolute atomic E-state index is 0.105. The van der Waals surface area contributed by atoms with Crippen LogP contribution < -0.4 is 0 Å². The first-order chi connectivity index (χ1) is 16.6. The van der Waals surface area contributed by atoms with Crippen molar-refractivity contribution in [3.63, 3.8) is 0 Å². The first-order valence-electron chi connectivity index (χ1n) is 12.5. The Bertz CT molecular complexity index is 1210. The van der Waals surface area contributed by atoms with Gasteiger partial charge < -0.3 is 18.9 Å². The van der Waals surface area contributed by atoms with E-state index < -0.39 is 0 Å². The molecule has 6 rings (SSSR count). The predicted molar refractivity (Wildman–Crippen MR) is 133 cm³/mol. The number of fused-ring (bicyclic) bond motifs is 3. The number of hydrogen-bond acceptors (Lipinski definition) is 3. The number of piperidine rings is 1. The third-order valence-corrected chi connectivity index (χ3v) is 8.21. The molecule has 2 aromatic carbocycles. The van der Waals surface area contributed by atoms with Crippen molar-refractivity contribution < 1.29 is 14.3 Å². The molecule has 0 saturated carbocycles. The maximum atomic E-state index is 13.7. The summed E-state index contributed by atoms with van der Waals surface area (Å²) in [4.78, 5) is 15.7. The molecule has 4 heterocycles. The van der Waals surface area contributed by atoms with Crippen molar-refractivity contribution >= 4 is 28.4 Å². The summed E-state index contributed by atoms with van der Waals surface area (Å²) < 4.78 is 14.2. The van der Waals surface area contributed by atoms with Crippen molar-refractivity contribution in [1.29, 1.82) is 0 Å². The third kappa shape index (κ3) is 3.94. The zero-order chi connectivity index (χ0) is 23.1. The minimum Gasteiger partial charge on any atom is -0.381 e. The van der Waals surface area contributed by atoms with Crippen molar-refractivity contribution in [3.8, 4) is 0 Å². The molecule has 178 valence electrons. The maximum Gasteiger partial charge on any atom is 0.256 e. The summed E-state index contributed by atoms with van der Waals surface area (Å²) in [6, 6.07) is 14.4. The van der Waals surface area contributed by atoms with E-state index >= 15 is 0 Å². The van der Waals surface area contributed by atoms with Crippen LogP contribution in [-0.4, -0.2) is 41.7 Å². The molecule has 3 aromatic rings. The van der Waals surface area contributed by atoms with Gasteiger partial charge in [-0.25, -0.2) is 0 Å². The number of amides is 1. The summed E-state index contributed by atoms with van der Waals surface area (Å²) in [5.41, 5.74) is 4.16. The molecule has 0 N–H and O–H groups in total. The second-order valence-electron chi connectivity index (χ2n) is 10.0. The molecule has 34 heavy (non-hydrogen) atoms. The van der Waals surface area contributed by atoms with Gasteiger partial charge in [0.15, 0.2) is 0 Å². The van der Waals surface area contributed by atoms with Gasteiger partial charge in [0.25, 0.3) is 5.91 Å². The van der Waals surface area contributed by atoms with Gasteiger partial charge in [-0.05, 0) is 61.3 Å².